The van der Waals surface area contributed by atoms with Crippen molar-refractivity contribution in [2.24, 2.45) is 0 Å². The van der Waals surface area contributed by atoms with Gasteiger partial charge in [0.05, 0.1) is 24.0 Å². The molecular formula is C22H26N8O2. The lowest BCUT2D eigenvalue weighted by Gasteiger charge is -2.35. The van der Waals surface area contributed by atoms with Crippen LogP contribution in [0.1, 0.15) is 43.1 Å². The summed E-state index contributed by atoms with van der Waals surface area (Å²) in [5, 5.41) is 15.2. The molecule has 1 amide bonds. The number of carbonyl (C=O) groups excluding carboxylic acids is 1. The average molecular weight is 435 g/mol. The normalized spacial score (nSPS) is 18.3. The topological polar surface area (TPSA) is 111 Å². The lowest BCUT2D eigenvalue weighted by molar-refractivity contribution is 0.00732. The summed E-state index contributed by atoms with van der Waals surface area (Å²) in [6, 6.07) is 4.15. The van der Waals surface area contributed by atoms with Crippen LogP contribution >= 0.6 is 0 Å². The van der Waals surface area contributed by atoms with Crippen LogP contribution in [0, 0.1) is 0 Å². The molecule has 10 nitrogen and oxygen atoms in total. The monoisotopic (exact) mass is 434 g/mol. The highest BCUT2D eigenvalue weighted by molar-refractivity contribution is 6.00. The minimum Gasteiger partial charge on any atom is -0.379 e. The van der Waals surface area contributed by atoms with E-state index in [4.69, 9.17) is 9.72 Å². The van der Waals surface area contributed by atoms with Crippen molar-refractivity contribution in [1.29, 1.82) is 0 Å². The van der Waals surface area contributed by atoms with Crippen LogP contribution < -0.4 is 10.6 Å². The first-order valence-electron chi connectivity index (χ1n) is 10.7. The Morgan fingerprint density at radius 3 is 2.78 bits per heavy atom. The van der Waals surface area contributed by atoms with E-state index in [-0.39, 0.29) is 24.1 Å². The van der Waals surface area contributed by atoms with Crippen LogP contribution in [-0.4, -0.2) is 61.6 Å². The van der Waals surface area contributed by atoms with Gasteiger partial charge in [0.25, 0.3) is 5.91 Å². The van der Waals surface area contributed by atoms with Gasteiger partial charge in [-0.05, 0) is 32.8 Å². The third kappa shape index (κ3) is 3.27. The summed E-state index contributed by atoms with van der Waals surface area (Å²) in [5.74, 6) is 1.17. The maximum Gasteiger partial charge on any atom is 0.257 e. The molecule has 4 heterocycles. The number of hydrogen-bond donors (Lipinski definition) is 2. The fraction of sp³-hybridized carbons (Fsp3) is 0.409. The van der Waals surface area contributed by atoms with Crippen molar-refractivity contribution in [3.63, 3.8) is 0 Å². The van der Waals surface area contributed by atoms with Gasteiger partial charge in [-0.3, -0.25) is 9.48 Å². The number of nitrogens with zero attached hydrogens (tertiary/aromatic N) is 6. The van der Waals surface area contributed by atoms with E-state index in [9.17, 15) is 4.79 Å². The quantitative estimate of drug-likeness (QED) is 0.480. The average Bonchev–Trinajstić information content (AvgIpc) is 3.40. The molecule has 0 bridgehead atoms. The summed E-state index contributed by atoms with van der Waals surface area (Å²) in [6.45, 7) is 4.14. The molecule has 0 saturated heterocycles. The maximum absolute atomic E-state index is 13.0. The zero-order valence-electron chi connectivity index (χ0n) is 18.5. The van der Waals surface area contributed by atoms with Gasteiger partial charge in [0.1, 0.15) is 11.4 Å². The molecule has 5 rings (SSSR count). The lowest BCUT2D eigenvalue weighted by atomic mass is 9.89. The summed E-state index contributed by atoms with van der Waals surface area (Å²) in [6.07, 6.45) is 7.17. The first kappa shape index (κ1) is 20.4. The van der Waals surface area contributed by atoms with Crippen molar-refractivity contribution in [2.45, 2.75) is 44.9 Å². The van der Waals surface area contributed by atoms with E-state index < -0.39 is 0 Å². The molecule has 0 aromatic carbocycles. The van der Waals surface area contributed by atoms with Crippen LogP contribution in [0.4, 0.5) is 5.82 Å². The SMILES string of the molecule is CNc1cc(-c2cnc3nn(C(C)C)ccc2-3)nc2c(C(=O)N[C@@H]3CC[C@H]3OC)cnn12. The molecule has 2 atom stereocenters. The van der Waals surface area contributed by atoms with Gasteiger partial charge in [0.2, 0.25) is 0 Å². The third-order valence-corrected chi connectivity index (χ3v) is 6.06. The highest BCUT2D eigenvalue weighted by Gasteiger charge is 2.33. The molecule has 1 aliphatic carbocycles. The number of aromatic nitrogens is 6. The summed E-state index contributed by atoms with van der Waals surface area (Å²) in [7, 11) is 3.48. The van der Waals surface area contributed by atoms with E-state index in [0.717, 1.165) is 29.8 Å². The van der Waals surface area contributed by atoms with Crippen LogP contribution in [0.5, 0.6) is 0 Å². The molecule has 2 N–H and O–H groups in total. The summed E-state index contributed by atoms with van der Waals surface area (Å²) >= 11 is 0. The van der Waals surface area contributed by atoms with Gasteiger partial charge < -0.3 is 15.4 Å². The second-order valence-electron chi connectivity index (χ2n) is 8.30. The largest absolute Gasteiger partial charge is 0.379 e. The molecule has 2 aromatic rings. The molecule has 3 aliphatic rings. The van der Waals surface area contributed by atoms with E-state index in [1.807, 2.05) is 30.1 Å². The number of ether oxygens (including phenoxy) is 1. The summed E-state index contributed by atoms with van der Waals surface area (Å²) in [4.78, 5) is 22.3. The predicted octanol–water partition coefficient (Wildman–Crippen LogP) is 2.62. The smallest absolute Gasteiger partial charge is 0.257 e. The molecule has 166 valence electrons. The van der Waals surface area contributed by atoms with E-state index >= 15 is 0 Å². The van der Waals surface area contributed by atoms with Gasteiger partial charge in [-0.25, -0.2) is 9.97 Å². The Bertz CT molecular complexity index is 1260. The van der Waals surface area contributed by atoms with Gasteiger partial charge >= 0.3 is 0 Å². The number of anilines is 1. The Morgan fingerprint density at radius 1 is 1.25 bits per heavy atom. The molecule has 32 heavy (non-hydrogen) atoms. The molecule has 1 saturated carbocycles. The molecule has 0 radical (unpaired) electrons. The number of rotatable bonds is 6. The molecule has 2 aliphatic heterocycles. The minimum atomic E-state index is -0.205. The summed E-state index contributed by atoms with van der Waals surface area (Å²) < 4.78 is 8.91. The maximum atomic E-state index is 13.0. The van der Waals surface area contributed by atoms with Crippen molar-refractivity contribution in [1.82, 2.24) is 34.7 Å². The second kappa shape index (κ2) is 7.86. The number of amides is 1. The van der Waals surface area contributed by atoms with Gasteiger partial charge in [0.15, 0.2) is 11.5 Å². The van der Waals surface area contributed by atoms with Gasteiger partial charge in [0, 0.05) is 49.8 Å². The van der Waals surface area contributed by atoms with Crippen molar-refractivity contribution >= 4 is 17.4 Å². The van der Waals surface area contributed by atoms with Crippen LogP contribution in [0.15, 0.2) is 30.7 Å². The van der Waals surface area contributed by atoms with Gasteiger partial charge in [-0.2, -0.15) is 14.7 Å². The first-order valence-corrected chi connectivity index (χ1v) is 10.7. The van der Waals surface area contributed by atoms with Crippen molar-refractivity contribution in [2.75, 3.05) is 19.5 Å². The van der Waals surface area contributed by atoms with Crippen molar-refractivity contribution in [3.8, 4) is 22.6 Å². The number of methoxy groups -OCH3 is 1. The molecular weight excluding hydrogens is 408 g/mol. The number of hydrogen-bond acceptors (Lipinski definition) is 7. The third-order valence-electron chi connectivity index (χ3n) is 6.06. The highest BCUT2D eigenvalue weighted by Crippen LogP contribution is 2.33. The Morgan fingerprint density at radius 2 is 2.09 bits per heavy atom. The summed E-state index contributed by atoms with van der Waals surface area (Å²) in [5.41, 5.74) is 3.36. The molecule has 10 heteroatoms. The van der Waals surface area contributed by atoms with Crippen LogP contribution in [-0.2, 0) is 4.74 Å². The number of nitrogens with one attached hydrogen (secondary N) is 2. The van der Waals surface area contributed by atoms with E-state index in [0.29, 0.717) is 22.7 Å². The zero-order valence-corrected chi connectivity index (χ0v) is 18.5. The van der Waals surface area contributed by atoms with E-state index in [1.54, 1.807) is 24.0 Å². The molecule has 0 spiro atoms. The fourth-order valence-electron chi connectivity index (χ4n) is 4.02. The fourth-order valence-corrected chi connectivity index (χ4v) is 4.02. The van der Waals surface area contributed by atoms with Crippen LogP contribution in [0.25, 0.3) is 28.3 Å². The van der Waals surface area contributed by atoms with Crippen molar-refractivity contribution < 1.29 is 9.53 Å². The highest BCUT2D eigenvalue weighted by atomic mass is 16.5. The Balaban J connectivity index is 1.55. The van der Waals surface area contributed by atoms with E-state index in [1.165, 1.54) is 0 Å². The molecule has 2 aromatic heterocycles. The Kier molecular flexibility index (Phi) is 5.01. The second-order valence-corrected chi connectivity index (χ2v) is 8.30. The van der Waals surface area contributed by atoms with Gasteiger partial charge in [-0.15, -0.1) is 0 Å². The molecule has 1 fully saturated rings. The predicted molar refractivity (Wildman–Crippen MR) is 120 cm³/mol. The lowest BCUT2D eigenvalue weighted by Crippen LogP contribution is -2.51. The number of fused-ring (bicyclic) bond motifs is 2. The standard InChI is InChI=1S/C22H26N8O2/c1-12(2)29-8-7-13-14(10-24-20(13)28-29)17-9-19(23-3)30-21(26-17)15(11-25-30)22(31)27-16-5-6-18(16)32-4/h7-12,16,18,23H,5-6H2,1-4H3,(H,27,31)/t16-,18-/m1/s1. The van der Waals surface area contributed by atoms with Crippen LogP contribution in [0.2, 0.25) is 0 Å². The first-order chi connectivity index (χ1) is 15.5. The molecule has 0 unspecified atom stereocenters. The van der Waals surface area contributed by atoms with E-state index in [2.05, 4.69) is 39.7 Å². The number of carbonyl (C=O) groups is 1. The Hall–Kier alpha value is -3.53. The zero-order chi connectivity index (χ0) is 22.4. The Labute approximate surface area is 185 Å². The minimum absolute atomic E-state index is 0.0105. The van der Waals surface area contributed by atoms with Crippen molar-refractivity contribution in [3.05, 3.63) is 36.3 Å². The van der Waals surface area contributed by atoms with Crippen LogP contribution in [0.3, 0.4) is 0 Å². The van der Waals surface area contributed by atoms with Gasteiger partial charge in [-0.1, -0.05) is 0 Å².